The number of hydrogen-bond donors (Lipinski definition) is 0. The van der Waals surface area contributed by atoms with Crippen molar-refractivity contribution in [2.45, 2.75) is 18.0 Å². The molecule has 0 N–H and O–H groups in total. The molecular weight excluding hydrogens is 226 g/mol. The first-order valence-corrected chi connectivity index (χ1v) is 6.87. The van der Waals surface area contributed by atoms with Crippen molar-refractivity contribution in [1.82, 2.24) is 4.90 Å². The van der Waals surface area contributed by atoms with Gasteiger partial charge in [-0.15, -0.1) is 11.8 Å². The van der Waals surface area contributed by atoms with Gasteiger partial charge in [0, 0.05) is 23.9 Å². The van der Waals surface area contributed by atoms with Crippen LogP contribution in [0.5, 0.6) is 0 Å². The van der Waals surface area contributed by atoms with Crippen LogP contribution in [-0.2, 0) is 13.1 Å². The molecule has 0 aliphatic carbocycles. The highest BCUT2D eigenvalue weighted by Crippen LogP contribution is 2.30. The molecule has 0 spiro atoms. The monoisotopic (exact) mass is 241 g/mol. The van der Waals surface area contributed by atoms with Crippen LogP contribution in [0.25, 0.3) is 0 Å². The van der Waals surface area contributed by atoms with Gasteiger partial charge in [0.25, 0.3) is 0 Å². The van der Waals surface area contributed by atoms with E-state index in [2.05, 4.69) is 59.5 Å². The average molecular weight is 241 g/mol. The maximum absolute atomic E-state index is 2.49. The summed E-state index contributed by atoms with van der Waals surface area (Å²) in [6, 6.07) is 19.4. The lowest BCUT2D eigenvalue weighted by Crippen LogP contribution is -2.25. The molecule has 2 aromatic rings. The number of nitrogens with zero attached hydrogens (tertiary/aromatic N) is 1. The van der Waals surface area contributed by atoms with E-state index in [1.807, 2.05) is 11.8 Å². The van der Waals surface area contributed by atoms with E-state index in [4.69, 9.17) is 0 Å². The first-order chi connectivity index (χ1) is 8.42. The van der Waals surface area contributed by atoms with Gasteiger partial charge in [-0.3, -0.25) is 4.90 Å². The van der Waals surface area contributed by atoms with Crippen LogP contribution in [0.3, 0.4) is 0 Å². The Kier molecular flexibility index (Phi) is 3.16. The minimum absolute atomic E-state index is 1.04. The topological polar surface area (TPSA) is 3.24 Å². The minimum Gasteiger partial charge on any atom is -0.285 e. The third-order valence-corrected chi connectivity index (χ3v) is 4.22. The first kappa shape index (κ1) is 10.9. The van der Waals surface area contributed by atoms with Gasteiger partial charge in [0.2, 0.25) is 0 Å². The Bertz CT molecular complexity index is 495. The lowest BCUT2D eigenvalue weighted by Gasteiger charge is -2.28. The van der Waals surface area contributed by atoms with Gasteiger partial charge in [-0.25, -0.2) is 0 Å². The summed E-state index contributed by atoms with van der Waals surface area (Å²) >= 11 is 1.94. The van der Waals surface area contributed by atoms with Crippen molar-refractivity contribution in [3.63, 3.8) is 0 Å². The second-order valence-corrected chi connectivity index (χ2v) is 5.34. The molecule has 0 saturated carbocycles. The third kappa shape index (κ3) is 2.54. The molecule has 0 bridgehead atoms. The summed E-state index contributed by atoms with van der Waals surface area (Å²) < 4.78 is 0. The Morgan fingerprint density at radius 3 is 2.59 bits per heavy atom. The van der Waals surface area contributed by atoms with Gasteiger partial charge in [-0.2, -0.15) is 0 Å². The van der Waals surface area contributed by atoms with E-state index in [1.165, 1.54) is 16.0 Å². The predicted octanol–water partition coefficient (Wildman–Crippen LogP) is 3.75. The van der Waals surface area contributed by atoms with Crippen LogP contribution in [0.15, 0.2) is 59.5 Å². The Balaban J connectivity index is 1.72. The molecule has 0 fully saturated rings. The fourth-order valence-corrected chi connectivity index (χ4v) is 3.16. The molecule has 17 heavy (non-hydrogen) atoms. The summed E-state index contributed by atoms with van der Waals surface area (Å²) in [6.45, 7) is 2.11. The van der Waals surface area contributed by atoms with Crippen molar-refractivity contribution in [3.05, 3.63) is 65.7 Å². The molecule has 1 aliphatic rings. The molecule has 0 radical (unpaired) electrons. The second kappa shape index (κ2) is 4.94. The normalized spacial score (nSPS) is 15.5. The molecule has 1 nitrogen and oxygen atoms in total. The van der Waals surface area contributed by atoms with Gasteiger partial charge in [-0.05, 0) is 17.2 Å². The highest BCUT2D eigenvalue weighted by molar-refractivity contribution is 7.99. The van der Waals surface area contributed by atoms with Gasteiger partial charge < -0.3 is 0 Å². The number of hydrogen-bond acceptors (Lipinski definition) is 2. The smallest absolute Gasteiger partial charge is 0.0498 e. The number of benzene rings is 2. The summed E-state index contributed by atoms with van der Waals surface area (Å²) in [5.74, 6) is 1.09. The standard InChI is InChI=1S/C15H15NS/c1-2-6-13(7-3-1)10-16-11-14-8-4-5-9-15(14)17-12-16/h1-9H,10-12H2. The molecule has 0 amide bonds. The van der Waals surface area contributed by atoms with Crippen LogP contribution in [0.2, 0.25) is 0 Å². The van der Waals surface area contributed by atoms with Gasteiger partial charge in [0.1, 0.15) is 0 Å². The van der Waals surface area contributed by atoms with Crippen LogP contribution in [0.1, 0.15) is 11.1 Å². The van der Waals surface area contributed by atoms with E-state index in [9.17, 15) is 0 Å². The van der Waals surface area contributed by atoms with Gasteiger partial charge in [-0.1, -0.05) is 48.5 Å². The van der Waals surface area contributed by atoms with Crippen molar-refractivity contribution in [3.8, 4) is 0 Å². The summed E-state index contributed by atoms with van der Waals surface area (Å²) in [4.78, 5) is 3.93. The lowest BCUT2D eigenvalue weighted by molar-refractivity contribution is 0.297. The largest absolute Gasteiger partial charge is 0.285 e. The zero-order valence-corrected chi connectivity index (χ0v) is 10.5. The van der Waals surface area contributed by atoms with Gasteiger partial charge in [0.15, 0.2) is 0 Å². The molecule has 0 unspecified atom stereocenters. The van der Waals surface area contributed by atoms with Crippen molar-refractivity contribution >= 4 is 11.8 Å². The molecule has 3 rings (SSSR count). The molecule has 86 valence electrons. The first-order valence-electron chi connectivity index (χ1n) is 5.89. The van der Waals surface area contributed by atoms with Gasteiger partial charge in [0.05, 0.1) is 0 Å². The van der Waals surface area contributed by atoms with Crippen LogP contribution in [0, 0.1) is 0 Å². The van der Waals surface area contributed by atoms with Crippen molar-refractivity contribution in [1.29, 1.82) is 0 Å². The Labute approximate surface area is 106 Å². The Morgan fingerprint density at radius 1 is 0.941 bits per heavy atom. The molecule has 1 aliphatic heterocycles. The van der Waals surface area contributed by atoms with Crippen molar-refractivity contribution < 1.29 is 0 Å². The summed E-state index contributed by atoms with van der Waals surface area (Å²) in [7, 11) is 0. The van der Waals surface area contributed by atoms with E-state index in [-0.39, 0.29) is 0 Å². The van der Waals surface area contributed by atoms with E-state index in [0.29, 0.717) is 0 Å². The average Bonchev–Trinajstić information content (AvgIpc) is 2.40. The highest BCUT2D eigenvalue weighted by Gasteiger charge is 2.15. The Hall–Kier alpha value is -1.25. The maximum atomic E-state index is 2.49. The Morgan fingerprint density at radius 2 is 1.71 bits per heavy atom. The third-order valence-electron chi connectivity index (χ3n) is 3.02. The predicted molar refractivity (Wildman–Crippen MR) is 72.9 cm³/mol. The molecule has 0 atom stereocenters. The zero-order valence-electron chi connectivity index (χ0n) is 9.67. The van der Waals surface area contributed by atoms with Crippen molar-refractivity contribution in [2.75, 3.05) is 5.88 Å². The SMILES string of the molecule is c1ccc(CN2CSc3ccccc3C2)cc1. The van der Waals surface area contributed by atoms with Crippen LogP contribution in [0.4, 0.5) is 0 Å². The van der Waals surface area contributed by atoms with Crippen LogP contribution in [-0.4, -0.2) is 10.8 Å². The second-order valence-electron chi connectivity index (χ2n) is 4.35. The molecule has 0 saturated heterocycles. The number of thioether (sulfide) groups is 1. The summed E-state index contributed by atoms with van der Waals surface area (Å²) in [6.07, 6.45) is 0. The molecule has 1 heterocycles. The van der Waals surface area contributed by atoms with E-state index >= 15 is 0 Å². The number of rotatable bonds is 2. The van der Waals surface area contributed by atoms with Crippen molar-refractivity contribution in [2.24, 2.45) is 0 Å². The summed E-state index contributed by atoms with van der Waals surface area (Å²) in [5, 5.41) is 0. The minimum atomic E-state index is 1.04. The lowest BCUT2D eigenvalue weighted by atomic mass is 10.2. The molecular formula is C15H15NS. The van der Waals surface area contributed by atoms with Gasteiger partial charge >= 0.3 is 0 Å². The summed E-state index contributed by atoms with van der Waals surface area (Å²) in [5.41, 5.74) is 2.85. The number of fused-ring (bicyclic) bond motifs is 1. The zero-order chi connectivity index (χ0) is 11.5. The fraction of sp³-hybridized carbons (Fsp3) is 0.200. The van der Waals surface area contributed by atoms with E-state index < -0.39 is 0 Å². The van der Waals surface area contributed by atoms with Crippen LogP contribution < -0.4 is 0 Å². The van der Waals surface area contributed by atoms with Crippen LogP contribution >= 0.6 is 11.8 Å². The highest BCUT2D eigenvalue weighted by atomic mass is 32.2. The van der Waals surface area contributed by atoms with E-state index in [1.54, 1.807) is 0 Å². The molecule has 0 aromatic heterocycles. The molecule has 2 aromatic carbocycles. The maximum Gasteiger partial charge on any atom is 0.0498 e. The van der Waals surface area contributed by atoms with E-state index in [0.717, 1.165) is 19.0 Å². The molecule has 2 heteroatoms. The quantitative estimate of drug-likeness (QED) is 0.787. The fourth-order valence-electron chi connectivity index (χ4n) is 2.17.